The lowest BCUT2D eigenvalue weighted by Crippen LogP contribution is -2.13. The second-order valence-electron chi connectivity index (χ2n) is 7.29. The summed E-state index contributed by atoms with van der Waals surface area (Å²) < 4.78 is 26.8. The Kier molecular flexibility index (Phi) is 6.42. The molecule has 2 aromatic heterocycles. The molecule has 1 N–H and O–H groups in total. The third-order valence-corrected chi connectivity index (χ3v) is 6.64. The number of pyridine rings is 1. The highest BCUT2D eigenvalue weighted by Gasteiger charge is 2.15. The molecule has 2 heterocycles. The molecule has 0 aliphatic heterocycles. The molecule has 0 aliphatic carbocycles. The van der Waals surface area contributed by atoms with Crippen LogP contribution in [-0.2, 0) is 28.6 Å². The van der Waals surface area contributed by atoms with Gasteiger partial charge >= 0.3 is 0 Å². The lowest BCUT2D eigenvalue weighted by atomic mass is 10.1. The van der Waals surface area contributed by atoms with Crippen molar-refractivity contribution in [2.75, 3.05) is 5.32 Å². The molecular weight excluding hydrogens is 424 g/mol. The summed E-state index contributed by atoms with van der Waals surface area (Å²) in [5.41, 5.74) is 2.21. The molecule has 4 aromatic rings. The standard InChI is InChI=1S/C24H22N4O3S/c29-24(26-23-13-17-28(27-23)16-12-19-10-14-25-15-11-19)21-8-6-20(7-9-21)18-32(30,31)22-4-2-1-3-5-22/h1-11,13-15,17H,12,16,18H2,(H,26,27,29). The molecule has 0 atom stereocenters. The average Bonchev–Trinajstić information content (AvgIpc) is 3.26. The van der Waals surface area contributed by atoms with Gasteiger partial charge in [-0.1, -0.05) is 30.3 Å². The van der Waals surface area contributed by atoms with E-state index >= 15 is 0 Å². The van der Waals surface area contributed by atoms with Crippen LogP contribution in [0.1, 0.15) is 21.5 Å². The van der Waals surface area contributed by atoms with Crippen molar-refractivity contribution >= 4 is 21.6 Å². The number of carbonyl (C=O) groups is 1. The number of aryl methyl sites for hydroxylation is 2. The maximum Gasteiger partial charge on any atom is 0.256 e. The van der Waals surface area contributed by atoms with Crippen LogP contribution >= 0.6 is 0 Å². The van der Waals surface area contributed by atoms with Crippen LogP contribution in [-0.4, -0.2) is 29.1 Å². The summed E-state index contributed by atoms with van der Waals surface area (Å²) in [5.74, 6) is 0.0307. The van der Waals surface area contributed by atoms with E-state index in [4.69, 9.17) is 0 Å². The van der Waals surface area contributed by atoms with E-state index in [2.05, 4.69) is 15.4 Å². The molecule has 0 spiro atoms. The second kappa shape index (κ2) is 9.57. The molecule has 8 heteroatoms. The predicted molar refractivity (Wildman–Crippen MR) is 122 cm³/mol. The quantitative estimate of drug-likeness (QED) is 0.445. The van der Waals surface area contributed by atoms with Gasteiger partial charge in [0.25, 0.3) is 5.91 Å². The SMILES string of the molecule is O=C(Nc1ccn(CCc2ccncc2)n1)c1ccc(CS(=O)(=O)c2ccccc2)cc1. The number of anilines is 1. The number of hydrogen-bond acceptors (Lipinski definition) is 5. The molecule has 32 heavy (non-hydrogen) atoms. The van der Waals surface area contributed by atoms with E-state index in [9.17, 15) is 13.2 Å². The number of carbonyl (C=O) groups excluding carboxylic acids is 1. The van der Waals surface area contributed by atoms with Crippen LogP contribution in [0.2, 0.25) is 0 Å². The minimum Gasteiger partial charge on any atom is -0.305 e. The minimum atomic E-state index is -3.43. The van der Waals surface area contributed by atoms with E-state index in [-0.39, 0.29) is 16.6 Å². The van der Waals surface area contributed by atoms with E-state index in [1.54, 1.807) is 77.7 Å². The fourth-order valence-corrected chi connectivity index (χ4v) is 4.59. The van der Waals surface area contributed by atoms with Crippen molar-refractivity contribution in [2.24, 2.45) is 0 Å². The summed E-state index contributed by atoms with van der Waals surface area (Å²) in [7, 11) is -3.43. The fraction of sp³-hybridized carbons (Fsp3) is 0.125. The summed E-state index contributed by atoms with van der Waals surface area (Å²) in [6.45, 7) is 0.685. The summed E-state index contributed by atoms with van der Waals surface area (Å²) in [6, 6.07) is 20.5. The van der Waals surface area contributed by atoms with Gasteiger partial charge in [-0.25, -0.2) is 8.42 Å². The molecule has 1 amide bonds. The highest BCUT2D eigenvalue weighted by Crippen LogP contribution is 2.17. The van der Waals surface area contributed by atoms with Crippen LogP contribution in [0.15, 0.2) is 96.3 Å². The zero-order chi connectivity index (χ0) is 22.4. The lowest BCUT2D eigenvalue weighted by Gasteiger charge is -2.06. The van der Waals surface area contributed by atoms with Crippen LogP contribution < -0.4 is 5.32 Å². The van der Waals surface area contributed by atoms with Crippen molar-refractivity contribution in [3.63, 3.8) is 0 Å². The minimum absolute atomic E-state index is 0.124. The summed E-state index contributed by atoms with van der Waals surface area (Å²) in [5, 5.41) is 7.15. The topological polar surface area (TPSA) is 93.9 Å². The van der Waals surface area contributed by atoms with E-state index in [0.717, 1.165) is 12.0 Å². The van der Waals surface area contributed by atoms with Gasteiger partial charge in [0, 0.05) is 36.8 Å². The fourth-order valence-electron chi connectivity index (χ4n) is 3.22. The molecule has 0 unspecified atom stereocenters. The maximum atomic E-state index is 12.5. The summed E-state index contributed by atoms with van der Waals surface area (Å²) in [6.07, 6.45) is 6.14. The number of nitrogens with one attached hydrogen (secondary N) is 1. The molecule has 0 saturated heterocycles. The van der Waals surface area contributed by atoms with Gasteiger partial charge in [-0.05, 0) is 53.9 Å². The first-order valence-electron chi connectivity index (χ1n) is 10.1. The summed E-state index contributed by atoms with van der Waals surface area (Å²) >= 11 is 0. The Bertz CT molecular complexity index is 1290. The Labute approximate surface area is 186 Å². The maximum absolute atomic E-state index is 12.5. The number of hydrogen-bond donors (Lipinski definition) is 1. The third-order valence-electron chi connectivity index (χ3n) is 4.94. The van der Waals surface area contributed by atoms with Crippen molar-refractivity contribution in [1.29, 1.82) is 0 Å². The van der Waals surface area contributed by atoms with Crippen molar-refractivity contribution in [1.82, 2.24) is 14.8 Å². The van der Waals surface area contributed by atoms with Crippen LogP contribution in [0.25, 0.3) is 0 Å². The number of amides is 1. The second-order valence-corrected chi connectivity index (χ2v) is 9.28. The molecule has 0 radical (unpaired) electrons. The normalized spacial score (nSPS) is 11.2. The zero-order valence-corrected chi connectivity index (χ0v) is 18.1. The van der Waals surface area contributed by atoms with Gasteiger partial charge in [0.05, 0.1) is 10.6 Å². The molecule has 4 rings (SSSR count). The number of benzene rings is 2. The first-order valence-corrected chi connectivity index (χ1v) is 11.8. The molecular formula is C24H22N4O3S. The Hall–Kier alpha value is -3.78. The first kappa shape index (κ1) is 21.5. The molecule has 0 fully saturated rings. The molecule has 0 aliphatic rings. The lowest BCUT2D eigenvalue weighted by molar-refractivity contribution is 0.102. The Morgan fingerprint density at radius 3 is 2.31 bits per heavy atom. The van der Waals surface area contributed by atoms with Crippen molar-refractivity contribution in [3.05, 3.63) is 108 Å². The Balaban J connectivity index is 1.35. The van der Waals surface area contributed by atoms with E-state index < -0.39 is 9.84 Å². The van der Waals surface area contributed by atoms with Crippen molar-refractivity contribution in [2.45, 2.75) is 23.6 Å². The van der Waals surface area contributed by atoms with Gasteiger partial charge < -0.3 is 5.32 Å². The molecule has 7 nitrogen and oxygen atoms in total. The van der Waals surface area contributed by atoms with E-state index in [0.29, 0.717) is 23.5 Å². The van der Waals surface area contributed by atoms with Crippen LogP contribution in [0.5, 0.6) is 0 Å². The van der Waals surface area contributed by atoms with Crippen molar-refractivity contribution in [3.8, 4) is 0 Å². The third kappa shape index (κ3) is 5.47. The summed E-state index contributed by atoms with van der Waals surface area (Å²) in [4.78, 5) is 16.8. The highest BCUT2D eigenvalue weighted by atomic mass is 32.2. The van der Waals surface area contributed by atoms with Crippen LogP contribution in [0.4, 0.5) is 5.82 Å². The van der Waals surface area contributed by atoms with Gasteiger partial charge in [-0.15, -0.1) is 0 Å². The Morgan fingerprint density at radius 2 is 1.59 bits per heavy atom. The van der Waals surface area contributed by atoms with Crippen LogP contribution in [0, 0.1) is 0 Å². The van der Waals surface area contributed by atoms with Gasteiger partial charge in [-0.3, -0.25) is 14.5 Å². The van der Waals surface area contributed by atoms with Gasteiger partial charge in [0.2, 0.25) is 0 Å². The average molecular weight is 447 g/mol. The number of aromatic nitrogens is 3. The predicted octanol–water partition coefficient (Wildman–Crippen LogP) is 3.75. The number of sulfone groups is 1. The van der Waals surface area contributed by atoms with Gasteiger partial charge in [0.15, 0.2) is 15.7 Å². The highest BCUT2D eigenvalue weighted by molar-refractivity contribution is 7.90. The first-order chi connectivity index (χ1) is 15.5. The smallest absolute Gasteiger partial charge is 0.256 e. The van der Waals surface area contributed by atoms with E-state index in [1.165, 1.54) is 0 Å². The van der Waals surface area contributed by atoms with Crippen molar-refractivity contribution < 1.29 is 13.2 Å². The van der Waals surface area contributed by atoms with Gasteiger partial charge in [-0.2, -0.15) is 5.10 Å². The number of nitrogens with zero attached hydrogens (tertiary/aromatic N) is 3. The molecule has 162 valence electrons. The zero-order valence-electron chi connectivity index (χ0n) is 17.3. The number of rotatable bonds is 8. The van der Waals surface area contributed by atoms with E-state index in [1.807, 2.05) is 18.3 Å². The van der Waals surface area contributed by atoms with Gasteiger partial charge in [0.1, 0.15) is 0 Å². The largest absolute Gasteiger partial charge is 0.305 e. The molecule has 0 saturated carbocycles. The molecule has 2 aromatic carbocycles. The monoisotopic (exact) mass is 446 g/mol. The Morgan fingerprint density at radius 1 is 0.875 bits per heavy atom. The molecule has 0 bridgehead atoms. The van der Waals surface area contributed by atoms with Crippen LogP contribution in [0.3, 0.4) is 0 Å².